The van der Waals surface area contributed by atoms with E-state index in [0.717, 1.165) is 6.42 Å². The topological polar surface area (TPSA) is 18.5 Å². The first kappa shape index (κ1) is 7.03. The van der Waals surface area contributed by atoms with Crippen molar-refractivity contribution in [3.8, 4) is 0 Å². The van der Waals surface area contributed by atoms with Gasteiger partial charge in [-0.2, -0.15) is 0 Å². The van der Waals surface area contributed by atoms with Gasteiger partial charge in [-0.05, 0) is 6.42 Å². The van der Waals surface area contributed by atoms with Crippen molar-refractivity contribution in [2.24, 2.45) is 5.92 Å². The van der Waals surface area contributed by atoms with E-state index in [-0.39, 0.29) is 0 Å². The summed E-state index contributed by atoms with van der Waals surface area (Å²) in [7, 11) is 3.35. The predicted molar refractivity (Wildman–Crippen MR) is 37.5 cm³/mol. The Morgan fingerprint density at radius 3 is 2.22 bits per heavy atom. The highest BCUT2D eigenvalue weighted by Gasteiger charge is 2.02. The molecule has 0 heterocycles. The van der Waals surface area contributed by atoms with Crippen LogP contribution in [0.5, 0.6) is 0 Å². The lowest BCUT2D eigenvalue weighted by atomic mass is 10.1. The number of hydrogen-bond donors (Lipinski definition) is 0. The Balaban J connectivity index is 3.30. The molecule has 0 saturated heterocycles. The Morgan fingerprint density at radius 1 is 1.33 bits per heavy atom. The van der Waals surface area contributed by atoms with Gasteiger partial charge >= 0.3 is 0 Å². The average molecular weight is 133 g/mol. The fourth-order valence-corrected chi connectivity index (χ4v) is 0.686. The summed E-state index contributed by atoms with van der Waals surface area (Å²) in [4.78, 5) is 0. The molecule has 0 bridgehead atoms. The Labute approximate surface area is 58.6 Å². The van der Waals surface area contributed by atoms with E-state index in [4.69, 9.17) is 10.8 Å². The van der Waals surface area contributed by atoms with Crippen LogP contribution in [0.25, 0.3) is 0 Å². The van der Waals surface area contributed by atoms with Gasteiger partial charge < -0.3 is 9.47 Å². The van der Waals surface area contributed by atoms with Crippen molar-refractivity contribution in [1.29, 1.82) is 0 Å². The molecule has 0 rings (SSSR count). The first-order chi connectivity index (χ1) is 4.85. The predicted octanol–water partition coefficient (Wildman–Crippen LogP) is 1.31. The van der Waals surface area contributed by atoms with Crippen molar-refractivity contribution in [2.45, 2.75) is 13.3 Å². The highest BCUT2D eigenvalue weighted by molar-refractivity contribution is 4.52. The van der Waals surface area contributed by atoms with Crippen molar-refractivity contribution < 1.29 is 10.8 Å². The van der Waals surface area contributed by atoms with E-state index >= 15 is 0 Å². The van der Waals surface area contributed by atoms with Gasteiger partial charge in [0.05, 0.1) is 13.2 Å². The average Bonchev–Trinajstić information content (AvgIpc) is 1.90. The fourth-order valence-electron chi connectivity index (χ4n) is 0.686. The molecule has 0 aliphatic heterocycles. The molecule has 9 heavy (non-hydrogen) atoms. The molecule has 0 N–H and O–H groups in total. The summed E-state index contributed by atoms with van der Waals surface area (Å²) in [5.74, 6) is 0.396. The second-order valence-corrected chi connectivity index (χ2v) is 2.07. The first-order valence-corrected chi connectivity index (χ1v) is 3.12. The standard InChI is InChI=1S/C7H16O2/c1-4-7(5-8-2)6-9-3/h7H,4-6H2,1-3H3/i1D. The van der Waals surface area contributed by atoms with Crippen LogP contribution < -0.4 is 0 Å². The maximum absolute atomic E-state index is 6.98. The summed E-state index contributed by atoms with van der Waals surface area (Å²) < 4.78 is 16.9. The summed E-state index contributed by atoms with van der Waals surface area (Å²) in [5.41, 5.74) is 0. The molecule has 0 saturated carbocycles. The third-order valence-electron chi connectivity index (χ3n) is 1.21. The number of rotatable bonds is 5. The zero-order valence-corrected chi connectivity index (χ0v) is 6.22. The quantitative estimate of drug-likeness (QED) is 0.563. The minimum Gasteiger partial charge on any atom is -0.384 e. The molecule has 2 nitrogen and oxygen atoms in total. The van der Waals surface area contributed by atoms with Crippen molar-refractivity contribution in [2.75, 3.05) is 27.4 Å². The normalized spacial score (nSPS) is 12.1. The smallest absolute Gasteiger partial charge is 0.0512 e. The molecule has 0 spiro atoms. The lowest BCUT2D eigenvalue weighted by Gasteiger charge is -2.10. The summed E-state index contributed by atoms with van der Waals surface area (Å²) >= 11 is 0. The van der Waals surface area contributed by atoms with Crippen molar-refractivity contribution in [1.82, 2.24) is 0 Å². The molecule has 0 aliphatic rings. The van der Waals surface area contributed by atoms with Crippen molar-refractivity contribution in [3.05, 3.63) is 0 Å². The maximum atomic E-state index is 6.98. The zero-order valence-electron chi connectivity index (χ0n) is 7.22. The molecule has 56 valence electrons. The highest BCUT2D eigenvalue weighted by Crippen LogP contribution is 2.01. The zero-order chi connectivity index (χ0) is 7.82. The summed E-state index contributed by atoms with van der Waals surface area (Å²) in [6.07, 6.45) is 0.863. The van der Waals surface area contributed by atoms with Crippen LogP contribution in [-0.2, 0) is 9.47 Å². The number of ether oxygens (including phenoxy) is 2. The monoisotopic (exact) mass is 133 g/mol. The van der Waals surface area contributed by atoms with Crippen LogP contribution in [-0.4, -0.2) is 27.4 Å². The van der Waals surface area contributed by atoms with Crippen LogP contribution in [0, 0.1) is 5.92 Å². The molecule has 0 radical (unpaired) electrons. The Bertz CT molecular complexity index is 54.4. The third kappa shape index (κ3) is 4.43. The van der Waals surface area contributed by atoms with Crippen LogP contribution in [0.15, 0.2) is 0 Å². The fraction of sp³-hybridized carbons (Fsp3) is 1.00. The number of hydrogen-bond acceptors (Lipinski definition) is 2. The van der Waals surface area contributed by atoms with Crippen LogP contribution in [0.3, 0.4) is 0 Å². The van der Waals surface area contributed by atoms with Gasteiger partial charge in [0, 0.05) is 21.5 Å². The molecule has 0 atom stereocenters. The van der Waals surface area contributed by atoms with E-state index in [1.807, 2.05) is 0 Å². The van der Waals surface area contributed by atoms with E-state index in [0.29, 0.717) is 26.0 Å². The Hall–Kier alpha value is -0.0800. The van der Waals surface area contributed by atoms with Gasteiger partial charge in [-0.3, -0.25) is 0 Å². The van der Waals surface area contributed by atoms with Crippen molar-refractivity contribution in [3.63, 3.8) is 0 Å². The van der Waals surface area contributed by atoms with E-state index in [9.17, 15) is 0 Å². The molecule has 0 aromatic carbocycles. The van der Waals surface area contributed by atoms with Gasteiger partial charge in [0.25, 0.3) is 0 Å². The Morgan fingerprint density at radius 2 is 1.89 bits per heavy atom. The van der Waals surface area contributed by atoms with Gasteiger partial charge in [0.2, 0.25) is 0 Å². The Kier molecular flexibility index (Phi) is 4.72. The lowest BCUT2D eigenvalue weighted by Crippen LogP contribution is -2.12. The molecule has 0 aromatic rings. The van der Waals surface area contributed by atoms with Gasteiger partial charge in [0.15, 0.2) is 0 Å². The van der Waals surface area contributed by atoms with Crippen molar-refractivity contribution >= 4 is 0 Å². The molecular weight excluding hydrogens is 116 g/mol. The van der Waals surface area contributed by atoms with Crippen LogP contribution in [0.1, 0.15) is 14.7 Å². The largest absolute Gasteiger partial charge is 0.384 e. The molecule has 0 aromatic heterocycles. The molecule has 0 fully saturated rings. The third-order valence-corrected chi connectivity index (χ3v) is 1.21. The highest BCUT2D eigenvalue weighted by atomic mass is 16.5. The minimum absolute atomic E-state index is 0.396. The van der Waals surface area contributed by atoms with Gasteiger partial charge in [-0.1, -0.05) is 6.90 Å². The number of methoxy groups -OCH3 is 2. The molecular formula is C7H16O2. The van der Waals surface area contributed by atoms with E-state index in [1.165, 1.54) is 0 Å². The van der Waals surface area contributed by atoms with E-state index in [1.54, 1.807) is 14.2 Å². The summed E-state index contributed by atoms with van der Waals surface area (Å²) in [5, 5.41) is 0. The molecule has 2 heteroatoms. The lowest BCUT2D eigenvalue weighted by molar-refractivity contribution is 0.0830. The molecule has 0 amide bonds. The first-order valence-electron chi connectivity index (χ1n) is 3.83. The molecule has 0 aliphatic carbocycles. The van der Waals surface area contributed by atoms with Gasteiger partial charge in [-0.15, -0.1) is 0 Å². The summed E-state index contributed by atoms with van der Waals surface area (Å²) in [6.45, 7) is 1.86. The van der Waals surface area contributed by atoms with E-state index < -0.39 is 0 Å². The van der Waals surface area contributed by atoms with Crippen LogP contribution in [0.2, 0.25) is 0 Å². The van der Waals surface area contributed by atoms with E-state index in [2.05, 4.69) is 0 Å². The summed E-state index contributed by atoms with van der Waals surface area (Å²) in [6, 6.07) is 0. The second-order valence-electron chi connectivity index (χ2n) is 2.07. The van der Waals surface area contributed by atoms with Crippen LogP contribution in [0.4, 0.5) is 0 Å². The van der Waals surface area contributed by atoms with Gasteiger partial charge in [0.1, 0.15) is 0 Å². The maximum Gasteiger partial charge on any atom is 0.0512 e. The van der Waals surface area contributed by atoms with Gasteiger partial charge in [-0.25, -0.2) is 0 Å². The SMILES string of the molecule is [2H]CCC(COC)COC. The minimum atomic E-state index is 0.396. The second kappa shape index (κ2) is 6.05. The molecule has 0 unspecified atom stereocenters. The van der Waals surface area contributed by atoms with Crippen LogP contribution >= 0.6 is 0 Å².